The van der Waals surface area contributed by atoms with Crippen molar-refractivity contribution in [2.75, 3.05) is 19.3 Å². The Kier molecular flexibility index (Phi) is 7.13. The number of nitrogens with one attached hydrogen (secondary N) is 1. The molecule has 0 aromatic heterocycles. The minimum atomic E-state index is -0.504. The van der Waals surface area contributed by atoms with Gasteiger partial charge in [-0.15, -0.1) is 0 Å². The third-order valence-corrected chi connectivity index (χ3v) is 3.84. The van der Waals surface area contributed by atoms with Gasteiger partial charge in [-0.25, -0.2) is 4.39 Å². The largest absolute Gasteiger partial charge is 0.352 e. The summed E-state index contributed by atoms with van der Waals surface area (Å²) in [5, 5.41) is 3.27. The van der Waals surface area contributed by atoms with Gasteiger partial charge in [0.15, 0.2) is 0 Å². The number of carbonyl (C=O) groups excluding carboxylic acids is 1. The van der Waals surface area contributed by atoms with E-state index >= 15 is 0 Å². The Labute approximate surface area is 123 Å². The number of amides is 1. The fraction of sp³-hybridized carbons (Fsp3) is 0.400. The van der Waals surface area contributed by atoms with Gasteiger partial charge in [-0.2, -0.15) is 11.8 Å². The molecule has 20 heavy (non-hydrogen) atoms. The fourth-order valence-corrected chi connectivity index (χ4v) is 1.87. The predicted octanol–water partition coefficient (Wildman–Crippen LogP) is 2.01. The van der Waals surface area contributed by atoms with Gasteiger partial charge in [0, 0.05) is 17.4 Å². The summed E-state index contributed by atoms with van der Waals surface area (Å²) in [5.41, 5.74) is 5.79. The number of hydrogen-bond donors (Lipinski definition) is 2. The van der Waals surface area contributed by atoms with Gasteiger partial charge in [0.25, 0.3) is 5.91 Å². The second kappa shape index (κ2) is 8.62. The zero-order chi connectivity index (χ0) is 15.0. The van der Waals surface area contributed by atoms with Crippen LogP contribution >= 0.6 is 11.8 Å². The monoisotopic (exact) mass is 294 g/mol. The SMILES string of the molecule is CSC(C)CCNC(=O)c1ccc(C#CCN)c(F)c1. The third kappa shape index (κ3) is 5.24. The molecule has 0 radical (unpaired) electrons. The average Bonchev–Trinajstić information content (AvgIpc) is 2.45. The van der Waals surface area contributed by atoms with Crippen molar-refractivity contribution in [1.82, 2.24) is 5.32 Å². The quantitative estimate of drug-likeness (QED) is 0.817. The van der Waals surface area contributed by atoms with Crippen LogP contribution in [0.25, 0.3) is 0 Å². The highest BCUT2D eigenvalue weighted by atomic mass is 32.2. The first-order valence-electron chi connectivity index (χ1n) is 6.38. The lowest BCUT2D eigenvalue weighted by molar-refractivity contribution is 0.0953. The number of halogens is 1. The smallest absolute Gasteiger partial charge is 0.251 e. The molecule has 1 aromatic rings. The van der Waals surface area contributed by atoms with E-state index in [1.165, 1.54) is 12.1 Å². The van der Waals surface area contributed by atoms with Crippen molar-refractivity contribution < 1.29 is 9.18 Å². The van der Waals surface area contributed by atoms with E-state index in [1.807, 2.05) is 6.26 Å². The standard InChI is InChI=1S/C15H19FN2OS/c1-11(20-2)7-9-18-15(19)13-6-5-12(4-3-8-17)14(16)10-13/h5-6,10-11H,7-9,17H2,1-2H3,(H,18,19). The van der Waals surface area contributed by atoms with E-state index < -0.39 is 5.82 Å². The number of nitrogens with two attached hydrogens (primary N) is 1. The summed E-state index contributed by atoms with van der Waals surface area (Å²) in [4.78, 5) is 11.9. The maximum atomic E-state index is 13.7. The zero-order valence-corrected chi connectivity index (χ0v) is 12.5. The molecule has 0 aliphatic carbocycles. The van der Waals surface area contributed by atoms with Gasteiger partial charge in [-0.1, -0.05) is 18.8 Å². The van der Waals surface area contributed by atoms with Crippen LogP contribution in [-0.4, -0.2) is 30.5 Å². The maximum absolute atomic E-state index is 13.7. The van der Waals surface area contributed by atoms with E-state index in [4.69, 9.17) is 5.73 Å². The highest BCUT2D eigenvalue weighted by Gasteiger charge is 2.09. The van der Waals surface area contributed by atoms with Crippen molar-refractivity contribution in [3.05, 3.63) is 35.1 Å². The lowest BCUT2D eigenvalue weighted by Crippen LogP contribution is -2.26. The predicted molar refractivity (Wildman–Crippen MR) is 82.3 cm³/mol. The van der Waals surface area contributed by atoms with E-state index in [2.05, 4.69) is 24.1 Å². The molecule has 1 aromatic carbocycles. The Balaban J connectivity index is 2.63. The first kappa shape index (κ1) is 16.5. The Morgan fingerprint density at radius 2 is 2.30 bits per heavy atom. The second-order valence-electron chi connectivity index (χ2n) is 4.29. The summed E-state index contributed by atoms with van der Waals surface area (Å²) in [7, 11) is 0. The normalized spacial score (nSPS) is 11.4. The van der Waals surface area contributed by atoms with Crippen LogP contribution in [0.4, 0.5) is 4.39 Å². The third-order valence-electron chi connectivity index (χ3n) is 2.80. The molecular formula is C15H19FN2OS. The fourth-order valence-electron chi connectivity index (χ4n) is 1.51. The van der Waals surface area contributed by atoms with Crippen LogP contribution in [0, 0.1) is 17.7 Å². The molecule has 0 heterocycles. The number of carbonyl (C=O) groups is 1. The molecule has 0 saturated carbocycles. The van der Waals surface area contributed by atoms with E-state index in [0.29, 0.717) is 17.4 Å². The second-order valence-corrected chi connectivity index (χ2v) is 5.57. The number of hydrogen-bond acceptors (Lipinski definition) is 3. The van der Waals surface area contributed by atoms with Crippen LogP contribution in [0.1, 0.15) is 29.3 Å². The summed E-state index contributed by atoms with van der Waals surface area (Å²) < 4.78 is 13.7. The lowest BCUT2D eigenvalue weighted by Gasteiger charge is -2.09. The Morgan fingerprint density at radius 1 is 1.55 bits per heavy atom. The number of rotatable bonds is 5. The molecule has 1 rings (SSSR count). The first-order chi connectivity index (χ1) is 9.58. The van der Waals surface area contributed by atoms with Crippen molar-refractivity contribution in [3.63, 3.8) is 0 Å². The maximum Gasteiger partial charge on any atom is 0.251 e. The average molecular weight is 294 g/mol. The minimum Gasteiger partial charge on any atom is -0.352 e. The number of thioether (sulfide) groups is 1. The van der Waals surface area contributed by atoms with Crippen molar-refractivity contribution in [1.29, 1.82) is 0 Å². The molecule has 0 aliphatic rings. The van der Waals surface area contributed by atoms with Gasteiger partial charge in [0.05, 0.1) is 12.1 Å². The van der Waals surface area contributed by atoms with Gasteiger partial charge >= 0.3 is 0 Å². The molecule has 0 spiro atoms. The van der Waals surface area contributed by atoms with Gasteiger partial charge < -0.3 is 11.1 Å². The molecule has 1 atom stereocenters. The molecule has 108 valence electrons. The van der Waals surface area contributed by atoms with Gasteiger partial charge in [0.2, 0.25) is 0 Å². The Morgan fingerprint density at radius 3 is 2.90 bits per heavy atom. The molecule has 1 unspecified atom stereocenters. The van der Waals surface area contributed by atoms with Crippen LogP contribution in [0.2, 0.25) is 0 Å². The zero-order valence-electron chi connectivity index (χ0n) is 11.7. The highest BCUT2D eigenvalue weighted by Crippen LogP contribution is 2.10. The van der Waals surface area contributed by atoms with Crippen LogP contribution in [0.15, 0.2) is 18.2 Å². The van der Waals surface area contributed by atoms with E-state index in [0.717, 1.165) is 6.42 Å². The van der Waals surface area contributed by atoms with Crippen LogP contribution in [0.5, 0.6) is 0 Å². The summed E-state index contributed by atoms with van der Waals surface area (Å²) in [6, 6.07) is 4.27. The van der Waals surface area contributed by atoms with Crippen molar-refractivity contribution >= 4 is 17.7 Å². The Hall–Kier alpha value is -1.51. The molecule has 0 aliphatic heterocycles. The summed E-state index contributed by atoms with van der Waals surface area (Å²) >= 11 is 1.75. The van der Waals surface area contributed by atoms with Crippen LogP contribution in [-0.2, 0) is 0 Å². The van der Waals surface area contributed by atoms with E-state index in [1.54, 1.807) is 17.8 Å². The van der Waals surface area contributed by atoms with Crippen LogP contribution < -0.4 is 11.1 Å². The van der Waals surface area contributed by atoms with Gasteiger partial charge in [-0.3, -0.25) is 4.79 Å². The molecule has 3 N–H and O–H groups in total. The number of benzene rings is 1. The first-order valence-corrected chi connectivity index (χ1v) is 7.66. The Bertz CT molecular complexity index is 522. The molecule has 1 amide bonds. The van der Waals surface area contributed by atoms with Crippen molar-refractivity contribution in [3.8, 4) is 11.8 Å². The topological polar surface area (TPSA) is 55.1 Å². The summed E-state index contributed by atoms with van der Waals surface area (Å²) in [5.74, 6) is 4.43. The molecule has 5 heteroatoms. The van der Waals surface area contributed by atoms with E-state index in [9.17, 15) is 9.18 Å². The van der Waals surface area contributed by atoms with Gasteiger partial charge in [-0.05, 0) is 30.9 Å². The summed E-state index contributed by atoms with van der Waals surface area (Å²) in [6.07, 6.45) is 2.92. The summed E-state index contributed by atoms with van der Waals surface area (Å²) in [6.45, 7) is 2.86. The van der Waals surface area contributed by atoms with Crippen molar-refractivity contribution in [2.24, 2.45) is 5.73 Å². The lowest BCUT2D eigenvalue weighted by atomic mass is 10.1. The molecule has 0 saturated heterocycles. The highest BCUT2D eigenvalue weighted by molar-refractivity contribution is 7.99. The molecule has 3 nitrogen and oxygen atoms in total. The van der Waals surface area contributed by atoms with Crippen LogP contribution in [0.3, 0.4) is 0 Å². The van der Waals surface area contributed by atoms with E-state index in [-0.39, 0.29) is 18.0 Å². The molecule has 0 bridgehead atoms. The minimum absolute atomic E-state index is 0.176. The van der Waals surface area contributed by atoms with Gasteiger partial charge in [0.1, 0.15) is 5.82 Å². The molecule has 0 fully saturated rings. The van der Waals surface area contributed by atoms with Crippen molar-refractivity contribution in [2.45, 2.75) is 18.6 Å². The molecular weight excluding hydrogens is 275 g/mol.